The predicted molar refractivity (Wildman–Crippen MR) is 41.7 cm³/mol. The molecule has 0 fully saturated rings. The van der Waals surface area contributed by atoms with Gasteiger partial charge in [-0.05, 0) is 13.3 Å². The average molecular weight is 144 g/mol. The monoisotopic (exact) mass is 144 g/mol. The molecule has 0 aromatic heterocycles. The Labute approximate surface area is 62.5 Å². The highest BCUT2D eigenvalue weighted by molar-refractivity contribution is 4.87. The van der Waals surface area contributed by atoms with Crippen LogP contribution in [0.2, 0.25) is 0 Å². The van der Waals surface area contributed by atoms with Crippen molar-refractivity contribution in [3.05, 3.63) is 12.2 Å². The van der Waals surface area contributed by atoms with Crippen LogP contribution in [0.4, 0.5) is 0 Å². The first kappa shape index (κ1) is 9.66. The van der Waals surface area contributed by atoms with Gasteiger partial charge in [-0.25, -0.2) is 0 Å². The minimum Gasteiger partial charge on any atom is -0.368 e. The summed E-state index contributed by atoms with van der Waals surface area (Å²) in [5, 5.41) is 9.03. The van der Waals surface area contributed by atoms with Crippen LogP contribution in [0.1, 0.15) is 26.7 Å². The zero-order valence-electron chi connectivity index (χ0n) is 6.76. The largest absolute Gasteiger partial charge is 0.368 e. The molecule has 0 amide bonds. The van der Waals surface area contributed by atoms with Crippen molar-refractivity contribution in [1.82, 2.24) is 0 Å². The van der Waals surface area contributed by atoms with Crippen LogP contribution in [-0.2, 0) is 4.74 Å². The molecule has 0 radical (unpaired) electrons. The minimum atomic E-state index is -0.610. The summed E-state index contributed by atoms with van der Waals surface area (Å²) in [5.41, 5.74) is 0.940. The standard InChI is InChI=1S/C8H16O2/c1-4-5-8(9)10-6-7(2)3/h8-9H,2,4-6H2,1,3H3. The van der Waals surface area contributed by atoms with Crippen molar-refractivity contribution in [2.75, 3.05) is 6.61 Å². The highest BCUT2D eigenvalue weighted by Crippen LogP contribution is 1.99. The number of aliphatic hydroxyl groups is 1. The van der Waals surface area contributed by atoms with Gasteiger partial charge in [-0.1, -0.05) is 25.5 Å². The topological polar surface area (TPSA) is 29.5 Å². The lowest BCUT2D eigenvalue weighted by molar-refractivity contribution is -0.0949. The lowest BCUT2D eigenvalue weighted by atomic mass is 10.3. The van der Waals surface area contributed by atoms with Gasteiger partial charge in [-0.15, -0.1) is 0 Å². The summed E-state index contributed by atoms with van der Waals surface area (Å²) in [6.07, 6.45) is 1.03. The molecule has 0 aliphatic rings. The molecule has 0 spiro atoms. The Balaban J connectivity index is 3.21. The maximum absolute atomic E-state index is 9.03. The third kappa shape index (κ3) is 5.79. The van der Waals surface area contributed by atoms with E-state index in [9.17, 15) is 0 Å². The maximum Gasteiger partial charge on any atom is 0.154 e. The first-order valence-corrected chi connectivity index (χ1v) is 3.61. The van der Waals surface area contributed by atoms with Crippen molar-refractivity contribution in [2.45, 2.75) is 33.0 Å². The molecule has 2 heteroatoms. The van der Waals surface area contributed by atoms with Crippen molar-refractivity contribution in [1.29, 1.82) is 0 Å². The Kier molecular flexibility index (Phi) is 5.26. The van der Waals surface area contributed by atoms with Crippen molar-refractivity contribution < 1.29 is 9.84 Å². The van der Waals surface area contributed by atoms with Crippen LogP contribution in [0, 0.1) is 0 Å². The normalized spacial score (nSPS) is 13.1. The van der Waals surface area contributed by atoms with Crippen molar-refractivity contribution in [3.8, 4) is 0 Å². The molecule has 2 nitrogen and oxygen atoms in total. The highest BCUT2D eigenvalue weighted by Gasteiger charge is 2.00. The van der Waals surface area contributed by atoms with Crippen LogP contribution in [-0.4, -0.2) is 18.0 Å². The van der Waals surface area contributed by atoms with E-state index in [4.69, 9.17) is 9.84 Å². The van der Waals surface area contributed by atoms with Gasteiger partial charge in [-0.2, -0.15) is 0 Å². The summed E-state index contributed by atoms with van der Waals surface area (Å²) in [6, 6.07) is 0. The van der Waals surface area contributed by atoms with E-state index in [-0.39, 0.29) is 0 Å². The molecule has 1 unspecified atom stereocenters. The van der Waals surface area contributed by atoms with Crippen molar-refractivity contribution in [2.24, 2.45) is 0 Å². The van der Waals surface area contributed by atoms with E-state index in [0.29, 0.717) is 13.0 Å². The van der Waals surface area contributed by atoms with E-state index >= 15 is 0 Å². The summed E-state index contributed by atoms with van der Waals surface area (Å²) >= 11 is 0. The molecular formula is C8H16O2. The molecule has 1 N–H and O–H groups in total. The van der Waals surface area contributed by atoms with Gasteiger partial charge >= 0.3 is 0 Å². The van der Waals surface area contributed by atoms with Gasteiger partial charge in [0.15, 0.2) is 6.29 Å². The number of hydrogen-bond acceptors (Lipinski definition) is 2. The fraction of sp³-hybridized carbons (Fsp3) is 0.750. The Morgan fingerprint density at radius 1 is 1.70 bits per heavy atom. The molecule has 0 aromatic carbocycles. The van der Waals surface area contributed by atoms with Gasteiger partial charge in [0.1, 0.15) is 0 Å². The van der Waals surface area contributed by atoms with Gasteiger partial charge in [0.05, 0.1) is 6.61 Å². The van der Waals surface area contributed by atoms with Crippen LogP contribution in [0.3, 0.4) is 0 Å². The smallest absolute Gasteiger partial charge is 0.154 e. The fourth-order valence-electron chi connectivity index (χ4n) is 0.569. The SMILES string of the molecule is C=C(C)COC(O)CCC. The average Bonchev–Trinajstić information content (AvgIpc) is 1.85. The van der Waals surface area contributed by atoms with Crippen LogP contribution < -0.4 is 0 Å². The summed E-state index contributed by atoms with van der Waals surface area (Å²) in [4.78, 5) is 0. The van der Waals surface area contributed by atoms with E-state index in [2.05, 4.69) is 6.58 Å². The summed E-state index contributed by atoms with van der Waals surface area (Å²) < 4.78 is 5.00. The molecule has 60 valence electrons. The van der Waals surface area contributed by atoms with E-state index < -0.39 is 6.29 Å². The zero-order chi connectivity index (χ0) is 7.98. The van der Waals surface area contributed by atoms with Gasteiger partial charge in [-0.3, -0.25) is 0 Å². The summed E-state index contributed by atoms with van der Waals surface area (Å²) in [7, 11) is 0. The van der Waals surface area contributed by atoms with Crippen LogP contribution in [0.15, 0.2) is 12.2 Å². The van der Waals surface area contributed by atoms with E-state index in [0.717, 1.165) is 12.0 Å². The first-order chi connectivity index (χ1) is 4.66. The molecule has 0 aliphatic heterocycles. The summed E-state index contributed by atoms with van der Waals surface area (Å²) in [6.45, 7) is 7.99. The highest BCUT2D eigenvalue weighted by atomic mass is 16.6. The maximum atomic E-state index is 9.03. The van der Waals surface area contributed by atoms with Crippen molar-refractivity contribution in [3.63, 3.8) is 0 Å². The Bertz CT molecular complexity index is 99.4. The third-order valence-corrected chi connectivity index (χ3v) is 1.06. The van der Waals surface area contributed by atoms with Gasteiger partial charge < -0.3 is 9.84 Å². The molecule has 0 heterocycles. The van der Waals surface area contributed by atoms with Crippen LogP contribution >= 0.6 is 0 Å². The second kappa shape index (κ2) is 5.45. The van der Waals surface area contributed by atoms with E-state index in [1.54, 1.807) is 0 Å². The predicted octanol–water partition coefficient (Wildman–Crippen LogP) is 1.70. The van der Waals surface area contributed by atoms with Gasteiger partial charge in [0.2, 0.25) is 0 Å². The molecule has 0 rings (SSSR count). The van der Waals surface area contributed by atoms with Gasteiger partial charge in [0.25, 0.3) is 0 Å². The summed E-state index contributed by atoms with van der Waals surface area (Å²) in [5.74, 6) is 0. The Morgan fingerprint density at radius 3 is 2.70 bits per heavy atom. The first-order valence-electron chi connectivity index (χ1n) is 3.61. The second-order valence-electron chi connectivity index (χ2n) is 2.51. The molecule has 0 saturated heterocycles. The third-order valence-electron chi connectivity index (χ3n) is 1.06. The van der Waals surface area contributed by atoms with Crippen LogP contribution in [0.25, 0.3) is 0 Å². The molecule has 1 atom stereocenters. The molecular weight excluding hydrogens is 128 g/mol. The molecule has 0 saturated carbocycles. The lowest BCUT2D eigenvalue weighted by Gasteiger charge is -2.09. The molecule has 0 bridgehead atoms. The quantitative estimate of drug-likeness (QED) is 0.470. The Hall–Kier alpha value is -0.340. The van der Waals surface area contributed by atoms with Crippen molar-refractivity contribution >= 4 is 0 Å². The number of rotatable bonds is 5. The second-order valence-corrected chi connectivity index (χ2v) is 2.51. The fourth-order valence-corrected chi connectivity index (χ4v) is 0.569. The molecule has 0 aliphatic carbocycles. The zero-order valence-corrected chi connectivity index (χ0v) is 6.76. The number of aliphatic hydroxyl groups excluding tert-OH is 1. The minimum absolute atomic E-state index is 0.459. The Morgan fingerprint density at radius 2 is 2.30 bits per heavy atom. The lowest BCUT2D eigenvalue weighted by Crippen LogP contribution is -2.12. The number of ether oxygens (including phenoxy) is 1. The molecule has 10 heavy (non-hydrogen) atoms. The van der Waals surface area contributed by atoms with E-state index in [1.165, 1.54) is 0 Å². The van der Waals surface area contributed by atoms with Gasteiger partial charge in [0, 0.05) is 0 Å². The molecule has 0 aromatic rings. The number of hydrogen-bond donors (Lipinski definition) is 1. The van der Waals surface area contributed by atoms with Crippen LogP contribution in [0.5, 0.6) is 0 Å². The van der Waals surface area contributed by atoms with E-state index in [1.807, 2.05) is 13.8 Å².